The molecular formula is C16H22ClN3O2. The van der Waals surface area contributed by atoms with Crippen molar-refractivity contribution in [3.63, 3.8) is 0 Å². The Labute approximate surface area is 136 Å². The van der Waals surface area contributed by atoms with E-state index >= 15 is 0 Å². The highest BCUT2D eigenvalue weighted by Crippen LogP contribution is 2.46. The third-order valence-electron chi connectivity index (χ3n) is 4.63. The zero-order valence-corrected chi connectivity index (χ0v) is 13.5. The van der Waals surface area contributed by atoms with Gasteiger partial charge in [-0.05, 0) is 55.4 Å². The van der Waals surface area contributed by atoms with E-state index in [4.69, 9.17) is 5.73 Å². The van der Waals surface area contributed by atoms with Crippen LogP contribution in [0.1, 0.15) is 42.9 Å². The number of halogens is 1. The number of nitrogens with one attached hydrogen (secondary N) is 2. The molecule has 3 rings (SSSR count). The maximum absolute atomic E-state index is 12.5. The molecule has 120 valence electrons. The van der Waals surface area contributed by atoms with E-state index in [9.17, 15) is 9.59 Å². The molecule has 1 atom stereocenters. The van der Waals surface area contributed by atoms with Crippen molar-refractivity contribution in [2.75, 3.05) is 12.8 Å². The second-order valence-corrected chi connectivity index (χ2v) is 6.04. The summed E-state index contributed by atoms with van der Waals surface area (Å²) in [5.41, 5.74) is 8.09. The van der Waals surface area contributed by atoms with Crippen LogP contribution in [0.2, 0.25) is 0 Å². The van der Waals surface area contributed by atoms with Gasteiger partial charge in [0.1, 0.15) is 5.41 Å². The topological polar surface area (TPSA) is 84.2 Å². The Bertz CT molecular complexity index is 599. The first-order valence-electron chi connectivity index (χ1n) is 7.48. The molecular weight excluding hydrogens is 302 g/mol. The van der Waals surface area contributed by atoms with Gasteiger partial charge in [0.25, 0.3) is 0 Å². The van der Waals surface area contributed by atoms with Crippen LogP contribution in [0.25, 0.3) is 0 Å². The van der Waals surface area contributed by atoms with Crippen LogP contribution in [0, 0.1) is 5.41 Å². The van der Waals surface area contributed by atoms with Gasteiger partial charge in [-0.1, -0.05) is 6.07 Å². The molecule has 1 aromatic carbocycles. The van der Waals surface area contributed by atoms with Crippen LogP contribution < -0.4 is 16.4 Å². The van der Waals surface area contributed by atoms with Crippen LogP contribution >= 0.6 is 12.4 Å². The smallest absolute Gasteiger partial charge is 0.236 e. The molecule has 0 aromatic heterocycles. The Kier molecular flexibility index (Phi) is 4.66. The fourth-order valence-electron chi connectivity index (χ4n) is 3.20. The number of fused-ring (bicyclic) bond motifs is 1. The van der Waals surface area contributed by atoms with Gasteiger partial charge in [-0.3, -0.25) is 9.59 Å². The summed E-state index contributed by atoms with van der Waals surface area (Å²) in [6.45, 7) is 0. The Hall–Kier alpha value is -1.75. The molecule has 0 aliphatic heterocycles. The highest BCUT2D eigenvalue weighted by molar-refractivity contribution is 6.07. The van der Waals surface area contributed by atoms with E-state index in [0.717, 1.165) is 30.5 Å². The van der Waals surface area contributed by atoms with E-state index < -0.39 is 5.41 Å². The number of nitrogens with two attached hydrogens (primary N) is 1. The molecule has 0 heterocycles. The van der Waals surface area contributed by atoms with Gasteiger partial charge in [-0.15, -0.1) is 12.4 Å². The van der Waals surface area contributed by atoms with E-state index in [1.54, 1.807) is 7.05 Å². The molecule has 1 unspecified atom stereocenters. The van der Waals surface area contributed by atoms with Crippen molar-refractivity contribution in [2.24, 2.45) is 5.41 Å². The van der Waals surface area contributed by atoms with Crippen molar-refractivity contribution in [1.29, 1.82) is 0 Å². The second-order valence-electron chi connectivity index (χ2n) is 6.04. The van der Waals surface area contributed by atoms with Gasteiger partial charge in [0, 0.05) is 12.7 Å². The van der Waals surface area contributed by atoms with Gasteiger partial charge in [-0.25, -0.2) is 0 Å². The predicted molar refractivity (Wildman–Crippen MR) is 87.7 cm³/mol. The van der Waals surface area contributed by atoms with Crippen molar-refractivity contribution >= 4 is 29.9 Å². The minimum Gasteiger partial charge on any atom is -0.399 e. The summed E-state index contributed by atoms with van der Waals surface area (Å²) in [6, 6.07) is 5.84. The van der Waals surface area contributed by atoms with Crippen molar-refractivity contribution in [3.8, 4) is 0 Å². The number of anilines is 1. The van der Waals surface area contributed by atoms with Gasteiger partial charge in [0.05, 0.1) is 6.04 Å². The number of benzene rings is 1. The van der Waals surface area contributed by atoms with Gasteiger partial charge >= 0.3 is 0 Å². The van der Waals surface area contributed by atoms with Crippen LogP contribution in [0.4, 0.5) is 5.69 Å². The molecule has 22 heavy (non-hydrogen) atoms. The van der Waals surface area contributed by atoms with Crippen LogP contribution in [0.5, 0.6) is 0 Å². The molecule has 0 bridgehead atoms. The first kappa shape index (κ1) is 16.6. The lowest BCUT2D eigenvalue weighted by Gasteiger charge is -2.28. The average molecular weight is 324 g/mol. The SMILES string of the molecule is CNC(=O)C1(C(=O)NC2CCCc3cc(N)ccc32)CC1.Cl. The maximum Gasteiger partial charge on any atom is 0.236 e. The second kappa shape index (κ2) is 6.16. The van der Waals surface area contributed by atoms with Crippen molar-refractivity contribution < 1.29 is 9.59 Å². The van der Waals surface area contributed by atoms with Crippen molar-refractivity contribution in [3.05, 3.63) is 29.3 Å². The zero-order valence-electron chi connectivity index (χ0n) is 12.6. The molecule has 2 aliphatic rings. The van der Waals surface area contributed by atoms with E-state index in [1.165, 1.54) is 5.56 Å². The Balaban J connectivity index is 0.00000176. The number of carbonyl (C=O) groups is 2. The van der Waals surface area contributed by atoms with E-state index in [0.29, 0.717) is 12.8 Å². The van der Waals surface area contributed by atoms with E-state index in [1.807, 2.05) is 18.2 Å². The lowest BCUT2D eigenvalue weighted by atomic mass is 9.87. The lowest BCUT2D eigenvalue weighted by molar-refractivity contribution is -0.137. The quantitative estimate of drug-likeness (QED) is 0.585. The Morgan fingerprint density at radius 2 is 2.00 bits per heavy atom. The summed E-state index contributed by atoms with van der Waals surface area (Å²) in [6.07, 6.45) is 4.20. The number of hydrogen-bond acceptors (Lipinski definition) is 3. The Morgan fingerprint density at radius 1 is 1.27 bits per heavy atom. The number of amides is 2. The largest absolute Gasteiger partial charge is 0.399 e. The number of rotatable bonds is 3. The summed E-state index contributed by atoms with van der Waals surface area (Å²) < 4.78 is 0. The summed E-state index contributed by atoms with van der Waals surface area (Å²) in [5.74, 6) is -0.315. The van der Waals surface area contributed by atoms with Crippen LogP contribution in [0.15, 0.2) is 18.2 Å². The molecule has 4 N–H and O–H groups in total. The lowest BCUT2D eigenvalue weighted by Crippen LogP contribution is -2.43. The van der Waals surface area contributed by atoms with Crippen molar-refractivity contribution in [2.45, 2.75) is 38.1 Å². The minimum atomic E-state index is -0.833. The first-order valence-corrected chi connectivity index (χ1v) is 7.48. The third kappa shape index (κ3) is 2.77. The van der Waals surface area contributed by atoms with Crippen molar-refractivity contribution in [1.82, 2.24) is 10.6 Å². The third-order valence-corrected chi connectivity index (χ3v) is 4.63. The number of aryl methyl sites for hydroxylation is 1. The van der Waals surface area contributed by atoms with Crippen LogP contribution in [-0.4, -0.2) is 18.9 Å². The van der Waals surface area contributed by atoms with Gasteiger partial charge in [0.2, 0.25) is 11.8 Å². The molecule has 6 heteroatoms. The van der Waals surface area contributed by atoms with Gasteiger partial charge in [-0.2, -0.15) is 0 Å². The molecule has 1 aromatic rings. The minimum absolute atomic E-state index is 0. The normalized spacial score (nSPS) is 21.0. The highest BCUT2D eigenvalue weighted by atomic mass is 35.5. The molecule has 1 saturated carbocycles. The fourth-order valence-corrected chi connectivity index (χ4v) is 3.20. The number of nitrogen functional groups attached to an aromatic ring is 1. The molecule has 0 spiro atoms. The number of carbonyl (C=O) groups excluding carboxylic acids is 2. The predicted octanol–water partition coefficient (Wildman–Crippen LogP) is 1.71. The molecule has 2 aliphatic carbocycles. The van der Waals surface area contributed by atoms with Crippen LogP contribution in [-0.2, 0) is 16.0 Å². The standard InChI is InChI=1S/C16H21N3O2.ClH/c1-18-14(20)16(7-8-16)15(21)19-13-4-2-3-10-9-11(17)5-6-12(10)13;/h5-6,9,13H,2-4,7-8,17H2,1H3,(H,18,20)(H,19,21);1H. The van der Waals surface area contributed by atoms with Gasteiger partial charge < -0.3 is 16.4 Å². The van der Waals surface area contributed by atoms with E-state index in [2.05, 4.69) is 10.6 Å². The summed E-state index contributed by atoms with van der Waals surface area (Å²) in [4.78, 5) is 24.4. The van der Waals surface area contributed by atoms with Crippen LogP contribution in [0.3, 0.4) is 0 Å². The summed E-state index contributed by atoms with van der Waals surface area (Å²) >= 11 is 0. The van der Waals surface area contributed by atoms with E-state index in [-0.39, 0.29) is 30.3 Å². The summed E-state index contributed by atoms with van der Waals surface area (Å²) in [5, 5.41) is 5.67. The monoisotopic (exact) mass is 323 g/mol. The first-order chi connectivity index (χ1) is 10.1. The fraction of sp³-hybridized carbons (Fsp3) is 0.500. The zero-order chi connectivity index (χ0) is 15.0. The summed E-state index contributed by atoms with van der Waals surface area (Å²) in [7, 11) is 1.58. The molecule has 5 nitrogen and oxygen atoms in total. The molecule has 0 saturated heterocycles. The Morgan fingerprint density at radius 3 is 2.64 bits per heavy atom. The molecule has 0 radical (unpaired) electrons. The average Bonchev–Trinajstić information content (AvgIpc) is 3.28. The highest BCUT2D eigenvalue weighted by Gasteiger charge is 2.56. The van der Waals surface area contributed by atoms with Gasteiger partial charge in [0.15, 0.2) is 0 Å². The maximum atomic E-state index is 12.5. The number of hydrogen-bond donors (Lipinski definition) is 3. The molecule has 2 amide bonds. The molecule has 1 fully saturated rings.